The van der Waals surface area contributed by atoms with E-state index in [1.807, 2.05) is 19.3 Å². The highest BCUT2D eigenvalue weighted by Crippen LogP contribution is 2.26. The smallest absolute Gasteiger partial charge is 0.0564 e. The van der Waals surface area contributed by atoms with Crippen LogP contribution in [0.4, 0.5) is 5.69 Å². The molecule has 1 aliphatic carbocycles. The van der Waals surface area contributed by atoms with E-state index in [2.05, 4.69) is 21.3 Å². The molecule has 0 bridgehead atoms. The van der Waals surface area contributed by atoms with Gasteiger partial charge in [0.05, 0.1) is 5.69 Å². The summed E-state index contributed by atoms with van der Waals surface area (Å²) in [7, 11) is 1.93. The molecule has 1 aromatic heterocycles. The molecule has 0 spiro atoms. The van der Waals surface area contributed by atoms with Crippen molar-refractivity contribution >= 4 is 5.69 Å². The fourth-order valence-electron chi connectivity index (χ4n) is 2.34. The van der Waals surface area contributed by atoms with Crippen molar-refractivity contribution in [1.82, 2.24) is 9.88 Å². The van der Waals surface area contributed by atoms with Gasteiger partial charge in [0.15, 0.2) is 0 Å². The van der Waals surface area contributed by atoms with E-state index in [0.29, 0.717) is 6.04 Å². The molecule has 0 aliphatic heterocycles. The number of anilines is 1. The van der Waals surface area contributed by atoms with Crippen LogP contribution in [0.15, 0.2) is 18.3 Å². The molecule has 0 amide bonds. The topological polar surface area (TPSA) is 48.4 Å². The van der Waals surface area contributed by atoms with E-state index < -0.39 is 0 Å². The highest BCUT2D eigenvalue weighted by Gasteiger charge is 2.24. The van der Waals surface area contributed by atoms with E-state index >= 15 is 0 Å². The quantitative estimate of drug-likeness (QED) is 0.774. The SMILES string of the molecule is CNc1ccnc(CN(CCCO)C2CCC2)c1. The average Bonchev–Trinajstić information content (AvgIpc) is 2.34. The Morgan fingerprint density at radius 3 is 2.94 bits per heavy atom. The summed E-state index contributed by atoms with van der Waals surface area (Å²) in [5.74, 6) is 0. The largest absolute Gasteiger partial charge is 0.396 e. The van der Waals surface area contributed by atoms with Crippen LogP contribution in [0.2, 0.25) is 0 Å². The van der Waals surface area contributed by atoms with Crippen molar-refractivity contribution in [3.05, 3.63) is 24.0 Å². The van der Waals surface area contributed by atoms with Gasteiger partial charge in [0.1, 0.15) is 0 Å². The van der Waals surface area contributed by atoms with Crippen LogP contribution in [-0.2, 0) is 6.54 Å². The number of nitrogens with zero attached hydrogens (tertiary/aromatic N) is 2. The minimum atomic E-state index is 0.271. The van der Waals surface area contributed by atoms with E-state index in [4.69, 9.17) is 5.11 Å². The molecule has 1 saturated carbocycles. The summed E-state index contributed by atoms with van der Waals surface area (Å²) < 4.78 is 0. The molecule has 0 aromatic carbocycles. The number of hydrogen-bond acceptors (Lipinski definition) is 4. The summed E-state index contributed by atoms with van der Waals surface area (Å²) in [6.45, 7) is 2.13. The molecule has 1 fully saturated rings. The first-order valence-electron chi connectivity index (χ1n) is 6.81. The lowest BCUT2D eigenvalue weighted by atomic mass is 9.91. The first-order valence-corrected chi connectivity index (χ1v) is 6.81. The van der Waals surface area contributed by atoms with Crippen molar-refractivity contribution in [3.8, 4) is 0 Å². The summed E-state index contributed by atoms with van der Waals surface area (Å²) in [5.41, 5.74) is 2.21. The van der Waals surface area contributed by atoms with Crippen molar-refractivity contribution in [2.24, 2.45) is 0 Å². The van der Waals surface area contributed by atoms with Crippen LogP contribution in [0.1, 0.15) is 31.4 Å². The molecule has 1 aromatic rings. The average molecular weight is 249 g/mol. The van der Waals surface area contributed by atoms with Gasteiger partial charge in [-0.05, 0) is 31.4 Å². The van der Waals surface area contributed by atoms with Crippen molar-refractivity contribution in [2.75, 3.05) is 25.5 Å². The van der Waals surface area contributed by atoms with E-state index in [1.54, 1.807) is 0 Å². The van der Waals surface area contributed by atoms with Gasteiger partial charge in [-0.25, -0.2) is 0 Å². The third-order valence-corrected chi connectivity index (χ3v) is 3.66. The Hall–Kier alpha value is -1.13. The Morgan fingerprint density at radius 1 is 1.50 bits per heavy atom. The number of nitrogens with one attached hydrogen (secondary N) is 1. The first kappa shape index (κ1) is 13.3. The zero-order valence-electron chi connectivity index (χ0n) is 11.1. The van der Waals surface area contributed by atoms with E-state index in [-0.39, 0.29) is 6.61 Å². The molecule has 2 rings (SSSR count). The molecule has 18 heavy (non-hydrogen) atoms. The molecule has 0 unspecified atom stereocenters. The highest BCUT2D eigenvalue weighted by molar-refractivity contribution is 5.42. The molecule has 4 nitrogen and oxygen atoms in total. The Bertz CT molecular complexity index is 366. The standard InChI is InChI=1S/C14H23N3O/c1-15-12-6-7-16-13(10-12)11-17(8-3-9-18)14-4-2-5-14/h6-7,10,14,18H,2-5,8-9,11H2,1H3,(H,15,16). The molecule has 2 N–H and O–H groups in total. The van der Waals surface area contributed by atoms with Crippen LogP contribution in [-0.4, -0.2) is 41.2 Å². The number of rotatable bonds is 7. The molecular weight excluding hydrogens is 226 g/mol. The summed E-state index contributed by atoms with van der Waals surface area (Å²) in [4.78, 5) is 6.89. The van der Waals surface area contributed by atoms with Crippen molar-refractivity contribution in [3.63, 3.8) is 0 Å². The second-order valence-electron chi connectivity index (χ2n) is 4.92. The van der Waals surface area contributed by atoms with Gasteiger partial charge in [0.25, 0.3) is 0 Å². The minimum Gasteiger partial charge on any atom is -0.396 e. The zero-order chi connectivity index (χ0) is 12.8. The summed E-state index contributed by atoms with van der Waals surface area (Å²) >= 11 is 0. The maximum atomic E-state index is 8.98. The molecule has 100 valence electrons. The number of aromatic nitrogens is 1. The van der Waals surface area contributed by atoms with Gasteiger partial charge >= 0.3 is 0 Å². The zero-order valence-corrected chi connectivity index (χ0v) is 11.1. The lowest BCUT2D eigenvalue weighted by molar-refractivity contribution is 0.108. The second-order valence-corrected chi connectivity index (χ2v) is 4.92. The lowest BCUT2D eigenvalue weighted by Crippen LogP contribution is -2.40. The predicted octanol–water partition coefficient (Wildman–Crippen LogP) is 1.86. The van der Waals surface area contributed by atoms with E-state index in [9.17, 15) is 0 Å². The third-order valence-electron chi connectivity index (χ3n) is 3.66. The maximum Gasteiger partial charge on any atom is 0.0564 e. The Kier molecular flexibility index (Phi) is 4.96. The number of pyridine rings is 1. The van der Waals surface area contributed by atoms with Gasteiger partial charge in [0.2, 0.25) is 0 Å². The molecule has 0 atom stereocenters. The van der Waals surface area contributed by atoms with Gasteiger partial charge in [-0.15, -0.1) is 0 Å². The summed E-state index contributed by atoms with van der Waals surface area (Å²) in [6.07, 6.45) is 6.62. The molecule has 1 aliphatic rings. The van der Waals surface area contributed by atoms with Gasteiger partial charge in [0, 0.05) is 44.7 Å². The second kappa shape index (κ2) is 6.71. The summed E-state index contributed by atoms with van der Waals surface area (Å²) in [6, 6.07) is 4.77. The van der Waals surface area contributed by atoms with Crippen LogP contribution in [0, 0.1) is 0 Å². The first-order chi connectivity index (χ1) is 8.83. The Labute approximate surface area is 109 Å². The van der Waals surface area contributed by atoms with Crippen LogP contribution >= 0.6 is 0 Å². The molecule has 1 heterocycles. The number of aliphatic hydroxyl groups excluding tert-OH is 1. The fourth-order valence-corrected chi connectivity index (χ4v) is 2.34. The van der Waals surface area contributed by atoms with Crippen molar-refractivity contribution < 1.29 is 5.11 Å². The molecule has 4 heteroatoms. The van der Waals surface area contributed by atoms with Crippen LogP contribution < -0.4 is 5.32 Å². The number of hydrogen-bond donors (Lipinski definition) is 2. The van der Waals surface area contributed by atoms with Crippen LogP contribution in [0.5, 0.6) is 0 Å². The highest BCUT2D eigenvalue weighted by atomic mass is 16.3. The van der Waals surface area contributed by atoms with Crippen molar-refractivity contribution in [2.45, 2.75) is 38.3 Å². The van der Waals surface area contributed by atoms with Crippen molar-refractivity contribution in [1.29, 1.82) is 0 Å². The van der Waals surface area contributed by atoms with Gasteiger partial charge < -0.3 is 10.4 Å². The fraction of sp³-hybridized carbons (Fsp3) is 0.643. The van der Waals surface area contributed by atoms with E-state index in [1.165, 1.54) is 19.3 Å². The Balaban J connectivity index is 1.97. The third kappa shape index (κ3) is 3.43. The summed E-state index contributed by atoms with van der Waals surface area (Å²) in [5, 5.41) is 12.1. The predicted molar refractivity (Wildman–Crippen MR) is 73.5 cm³/mol. The van der Waals surface area contributed by atoms with Gasteiger partial charge in [-0.1, -0.05) is 6.42 Å². The molecule has 0 saturated heterocycles. The molecule has 0 radical (unpaired) electrons. The minimum absolute atomic E-state index is 0.271. The van der Waals surface area contributed by atoms with Crippen LogP contribution in [0.25, 0.3) is 0 Å². The van der Waals surface area contributed by atoms with Gasteiger partial charge in [-0.2, -0.15) is 0 Å². The normalized spacial score (nSPS) is 15.7. The molecular formula is C14H23N3O. The monoisotopic (exact) mass is 249 g/mol. The van der Waals surface area contributed by atoms with Gasteiger partial charge in [-0.3, -0.25) is 9.88 Å². The Morgan fingerprint density at radius 2 is 2.33 bits per heavy atom. The lowest BCUT2D eigenvalue weighted by Gasteiger charge is -2.37. The number of aliphatic hydroxyl groups is 1. The van der Waals surface area contributed by atoms with Crippen LogP contribution in [0.3, 0.4) is 0 Å². The maximum absolute atomic E-state index is 8.98. The van der Waals surface area contributed by atoms with E-state index in [0.717, 1.165) is 30.9 Å².